The van der Waals surface area contributed by atoms with Gasteiger partial charge in [-0.05, 0) is 17.7 Å². The maximum atomic E-state index is 13.6. The van der Waals surface area contributed by atoms with E-state index in [2.05, 4.69) is 4.98 Å². The van der Waals surface area contributed by atoms with Gasteiger partial charge in [-0.3, -0.25) is 0 Å². The molecular weight excluding hydrogens is 255 g/mol. The number of alkyl halides is 1. The zero-order valence-corrected chi connectivity index (χ0v) is 10.8. The van der Waals surface area contributed by atoms with Crippen molar-refractivity contribution in [3.8, 4) is 5.75 Å². The summed E-state index contributed by atoms with van der Waals surface area (Å²) < 4.78 is 20.9. The van der Waals surface area contributed by atoms with Crippen LogP contribution in [0.25, 0.3) is 0 Å². The predicted octanol–water partition coefficient (Wildman–Crippen LogP) is 2.92. The van der Waals surface area contributed by atoms with Crippen LogP contribution >= 0.6 is 11.6 Å². The third-order valence-electron chi connectivity index (χ3n) is 2.65. The van der Waals surface area contributed by atoms with Gasteiger partial charge < -0.3 is 9.30 Å². The smallest absolute Gasteiger partial charge is 0.165 e. The molecule has 1 aromatic heterocycles. The Labute approximate surface area is 110 Å². The fourth-order valence-corrected chi connectivity index (χ4v) is 1.80. The average Bonchev–Trinajstić information content (AvgIpc) is 2.77. The second kappa shape index (κ2) is 5.87. The van der Waals surface area contributed by atoms with Crippen LogP contribution in [0.3, 0.4) is 0 Å². The van der Waals surface area contributed by atoms with E-state index in [-0.39, 0.29) is 11.6 Å². The quantitative estimate of drug-likeness (QED) is 0.780. The molecule has 5 heteroatoms. The number of aryl methyl sites for hydroxylation is 1. The molecular formula is C13H14ClFN2O. The average molecular weight is 269 g/mol. The number of aromatic nitrogens is 2. The van der Waals surface area contributed by atoms with E-state index in [1.807, 2.05) is 17.8 Å². The lowest BCUT2D eigenvalue weighted by Gasteiger charge is -2.08. The lowest BCUT2D eigenvalue weighted by atomic mass is 10.2. The van der Waals surface area contributed by atoms with Gasteiger partial charge in [0.2, 0.25) is 0 Å². The van der Waals surface area contributed by atoms with E-state index in [0.29, 0.717) is 18.9 Å². The van der Waals surface area contributed by atoms with Crippen molar-refractivity contribution >= 4 is 11.6 Å². The zero-order chi connectivity index (χ0) is 13.0. The summed E-state index contributed by atoms with van der Waals surface area (Å²) >= 11 is 5.62. The Balaban J connectivity index is 1.92. The van der Waals surface area contributed by atoms with Crippen molar-refractivity contribution in [2.75, 3.05) is 6.61 Å². The molecule has 2 rings (SSSR count). The van der Waals surface area contributed by atoms with Crippen LogP contribution in [-0.4, -0.2) is 16.2 Å². The Hall–Kier alpha value is -1.55. The summed E-state index contributed by atoms with van der Waals surface area (Å²) in [7, 11) is 1.91. The van der Waals surface area contributed by atoms with Crippen LogP contribution in [-0.2, 0) is 19.3 Å². The van der Waals surface area contributed by atoms with E-state index < -0.39 is 0 Å². The first-order chi connectivity index (χ1) is 8.70. The second-order valence-electron chi connectivity index (χ2n) is 3.95. The van der Waals surface area contributed by atoms with Crippen LogP contribution in [0.1, 0.15) is 11.4 Å². The normalized spacial score (nSPS) is 10.6. The first kappa shape index (κ1) is 12.9. The number of imidazole rings is 1. The monoisotopic (exact) mass is 268 g/mol. The molecule has 0 spiro atoms. The lowest BCUT2D eigenvalue weighted by molar-refractivity contribution is 0.301. The molecule has 1 heterocycles. The summed E-state index contributed by atoms with van der Waals surface area (Å²) in [4.78, 5) is 4.17. The molecule has 0 aliphatic carbocycles. The van der Waals surface area contributed by atoms with Gasteiger partial charge in [0.05, 0.1) is 6.61 Å². The van der Waals surface area contributed by atoms with Crippen LogP contribution in [0.4, 0.5) is 4.39 Å². The van der Waals surface area contributed by atoms with Crippen molar-refractivity contribution in [3.05, 3.63) is 47.8 Å². The summed E-state index contributed by atoms with van der Waals surface area (Å²) in [6.07, 6.45) is 4.23. The minimum Gasteiger partial charge on any atom is -0.490 e. The van der Waals surface area contributed by atoms with Gasteiger partial charge in [-0.1, -0.05) is 6.07 Å². The summed E-state index contributed by atoms with van der Waals surface area (Å²) in [5.41, 5.74) is 0.741. The van der Waals surface area contributed by atoms with E-state index in [1.54, 1.807) is 18.3 Å². The molecule has 0 aliphatic heterocycles. The molecule has 0 N–H and O–H groups in total. The third kappa shape index (κ3) is 3.01. The minimum absolute atomic E-state index is 0.248. The Morgan fingerprint density at radius 1 is 1.44 bits per heavy atom. The highest BCUT2D eigenvalue weighted by Gasteiger charge is 2.05. The fraction of sp³-hybridized carbons (Fsp3) is 0.308. The fourth-order valence-electron chi connectivity index (χ4n) is 1.63. The van der Waals surface area contributed by atoms with Gasteiger partial charge in [0.1, 0.15) is 5.82 Å². The van der Waals surface area contributed by atoms with Gasteiger partial charge in [0, 0.05) is 31.7 Å². The van der Waals surface area contributed by atoms with Crippen LogP contribution < -0.4 is 4.74 Å². The molecule has 0 radical (unpaired) electrons. The van der Waals surface area contributed by atoms with E-state index in [1.165, 1.54) is 6.07 Å². The Kier molecular flexibility index (Phi) is 4.20. The molecule has 0 bridgehead atoms. The maximum absolute atomic E-state index is 13.6. The number of ether oxygens (including phenoxy) is 1. The molecule has 0 aliphatic rings. The van der Waals surface area contributed by atoms with Crippen molar-refractivity contribution in [3.63, 3.8) is 0 Å². The van der Waals surface area contributed by atoms with E-state index in [9.17, 15) is 4.39 Å². The highest BCUT2D eigenvalue weighted by Crippen LogP contribution is 2.19. The van der Waals surface area contributed by atoms with Gasteiger partial charge in [-0.15, -0.1) is 11.6 Å². The second-order valence-corrected chi connectivity index (χ2v) is 4.22. The van der Waals surface area contributed by atoms with Crippen LogP contribution in [0, 0.1) is 5.82 Å². The van der Waals surface area contributed by atoms with Gasteiger partial charge in [-0.2, -0.15) is 0 Å². The largest absolute Gasteiger partial charge is 0.490 e. The Bertz CT molecular complexity index is 527. The SMILES string of the molecule is Cn1ccnc1CCOc1ccc(CCl)cc1F. The van der Waals surface area contributed by atoms with Crippen LogP contribution in [0.2, 0.25) is 0 Å². The maximum Gasteiger partial charge on any atom is 0.165 e. The molecule has 18 heavy (non-hydrogen) atoms. The number of rotatable bonds is 5. The first-order valence-corrected chi connectivity index (χ1v) is 6.17. The Morgan fingerprint density at radius 3 is 2.89 bits per heavy atom. The number of halogens is 2. The van der Waals surface area contributed by atoms with E-state index >= 15 is 0 Å². The standard InChI is InChI=1S/C13H14ClFN2O/c1-17-6-5-16-13(17)4-7-18-12-3-2-10(9-14)8-11(12)15/h2-3,5-6,8H,4,7,9H2,1H3. The summed E-state index contributed by atoms with van der Waals surface area (Å²) in [5.74, 6) is 1.07. The molecule has 0 amide bonds. The van der Waals surface area contributed by atoms with Gasteiger partial charge in [0.25, 0.3) is 0 Å². The number of nitrogens with zero attached hydrogens (tertiary/aromatic N) is 2. The van der Waals surface area contributed by atoms with Crippen molar-refractivity contribution in [1.82, 2.24) is 9.55 Å². The van der Waals surface area contributed by atoms with Gasteiger partial charge >= 0.3 is 0 Å². The summed E-state index contributed by atoms with van der Waals surface area (Å²) in [6.45, 7) is 0.391. The molecule has 2 aromatic rings. The predicted molar refractivity (Wildman–Crippen MR) is 68.4 cm³/mol. The van der Waals surface area contributed by atoms with Crippen molar-refractivity contribution < 1.29 is 9.13 Å². The molecule has 0 unspecified atom stereocenters. The Morgan fingerprint density at radius 2 is 2.28 bits per heavy atom. The number of hydrogen-bond donors (Lipinski definition) is 0. The lowest BCUT2D eigenvalue weighted by Crippen LogP contribution is -2.07. The minimum atomic E-state index is -0.381. The molecule has 1 aromatic carbocycles. The van der Waals surface area contributed by atoms with Crippen molar-refractivity contribution in [2.24, 2.45) is 7.05 Å². The van der Waals surface area contributed by atoms with Crippen molar-refractivity contribution in [1.29, 1.82) is 0 Å². The topological polar surface area (TPSA) is 27.1 Å². The van der Waals surface area contributed by atoms with Crippen LogP contribution in [0.15, 0.2) is 30.6 Å². The van der Waals surface area contributed by atoms with Crippen molar-refractivity contribution in [2.45, 2.75) is 12.3 Å². The highest BCUT2D eigenvalue weighted by molar-refractivity contribution is 6.17. The first-order valence-electron chi connectivity index (χ1n) is 5.64. The van der Waals surface area contributed by atoms with E-state index in [4.69, 9.17) is 16.3 Å². The molecule has 0 atom stereocenters. The summed E-state index contributed by atoms with van der Waals surface area (Å²) in [6, 6.07) is 4.75. The molecule has 3 nitrogen and oxygen atoms in total. The summed E-state index contributed by atoms with van der Waals surface area (Å²) in [5, 5.41) is 0. The number of hydrogen-bond acceptors (Lipinski definition) is 2. The number of benzene rings is 1. The van der Waals surface area contributed by atoms with Crippen LogP contribution in [0.5, 0.6) is 5.75 Å². The molecule has 0 saturated carbocycles. The van der Waals surface area contributed by atoms with Gasteiger partial charge in [-0.25, -0.2) is 9.37 Å². The molecule has 0 fully saturated rings. The third-order valence-corrected chi connectivity index (χ3v) is 2.96. The molecule has 96 valence electrons. The molecule has 0 saturated heterocycles. The zero-order valence-electron chi connectivity index (χ0n) is 10.1. The van der Waals surface area contributed by atoms with E-state index in [0.717, 1.165) is 11.4 Å². The van der Waals surface area contributed by atoms with Gasteiger partial charge in [0.15, 0.2) is 11.6 Å². The highest BCUT2D eigenvalue weighted by atomic mass is 35.5.